The molecule has 30 heavy (non-hydrogen) atoms. The number of nitrogens with zero attached hydrogens (tertiary/aromatic N) is 1. The molecule has 6 N–H and O–H groups in total. The van der Waals surface area contributed by atoms with Crippen molar-refractivity contribution in [3.63, 3.8) is 0 Å². The Labute approximate surface area is 183 Å². The fourth-order valence-corrected chi connectivity index (χ4v) is 3.97. The van der Waals surface area contributed by atoms with Gasteiger partial charge in [-0.25, -0.2) is 4.98 Å². The van der Waals surface area contributed by atoms with Crippen LogP contribution in [0.5, 0.6) is 5.75 Å². The molecule has 0 fully saturated rings. The number of primary amides is 1. The first-order chi connectivity index (χ1) is 14.1. The minimum Gasteiger partial charge on any atom is -0.489 e. The lowest BCUT2D eigenvalue weighted by Crippen LogP contribution is -2.16. The molecule has 0 atom stereocenters. The first-order valence-electron chi connectivity index (χ1n) is 9.01. The number of hydrogen-bond acceptors (Lipinski definition) is 8. The normalized spacial score (nSPS) is 11.6. The van der Waals surface area contributed by atoms with Crippen molar-refractivity contribution in [2.24, 2.45) is 11.5 Å². The van der Waals surface area contributed by atoms with E-state index in [9.17, 15) is 9.59 Å². The van der Waals surface area contributed by atoms with Gasteiger partial charge in [0.15, 0.2) is 5.13 Å². The lowest BCUT2D eigenvalue weighted by molar-refractivity contribution is -0.118. The number of carbonyl (C=O) groups is 2. The summed E-state index contributed by atoms with van der Waals surface area (Å²) < 4.78 is 5.81. The number of anilines is 2. The number of thiazole rings is 1. The average molecular weight is 448 g/mol. The van der Waals surface area contributed by atoms with Crippen LogP contribution in [0, 0.1) is 0 Å². The van der Waals surface area contributed by atoms with Crippen molar-refractivity contribution in [1.82, 2.24) is 10.3 Å². The summed E-state index contributed by atoms with van der Waals surface area (Å²) >= 11 is 2.59. The zero-order valence-corrected chi connectivity index (χ0v) is 18.9. The molecule has 0 saturated heterocycles. The molecular formula is C20H25N5O3S2. The van der Waals surface area contributed by atoms with E-state index >= 15 is 0 Å². The van der Waals surface area contributed by atoms with Gasteiger partial charge in [-0.1, -0.05) is 18.3 Å². The van der Waals surface area contributed by atoms with Crippen LogP contribution < -0.4 is 26.8 Å². The Hall–Kier alpha value is -2.98. The Morgan fingerprint density at radius 3 is 2.53 bits per heavy atom. The highest BCUT2D eigenvalue weighted by Gasteiger charge is 2.15. The van der Waals surface area contributed by atoms with Crippen molar-refractivity contribution < 1.29 is 14.3 Å². The van der Waals surface area contributed by atoms with Gasteiger partial charge in [0.05, 0.1) is 27.4 Å². The lowest BCUT2D eigenvalue weighted by atomic mass is 10.1. The van der Waals surface area contributed by atoms with Crippen molar-refractivity contribution in [2.75, 3.05) is 5.32 Å². The molecule has 2 aromatic rings. The van der Waals surface area contributed by atoms with Crippen LogP contribution in [-0.2, 0) is 4.79 Å². The second-order valence-electron chi connectivity index (χ2n) is 6.62. The summed E-state index contributed by atoms with van der Waals surface area (Å²) in [4.78, 5) is 28.1. The molecule has 160 valence electrons. The van der Waals surface area contributed by atoms with E-state index in [2.05, 4.69) is 22.2 Å². The van der Waals surface area contributed by atoms with E-state index in [0.29, 0.717) is 43.5 Å². The van der Waals surface area contributed by atoms with Crippen LogP contribution in [0.25, 0.3) is 4.91 Å². The van der Waals surface area contributed by atoms with Crippen LogP contribution in [0.2, 0.25) is 0 Å². The summed E-state index contributed by atoms with van der Waals surface area (Å²) in [5, 5.41) is 8.67. The quantitative estimate of drug-likeness (QED) is 0.460. The van der Waals surface area contributed by atoms with Gasteiger partial charge in [-0.15, -0.1) is 11.3 Å². The van der Waals surface area contributed by atoms with Gasteiger partial charge < -0.3 is 26.8 Å². The predicted octanol–water partition coefficient (Wildman–Crippen LogP) is 3.76. The van der Waals surface area contributed by atoms with Gasteiger partial charge in [-0.2, -0.15) is 0 Å². The monoisotopic (exact) mass is 447 g/mol. The number of aromatic nitrogens is 1. The summed E-state index contributed by atoms with van der Waals surface area (Å²) in [7, 11) is 0. The number of hydrogen-bond donors (Lipinski definition) is 4. The van der Waals surface area contributed by atoms with Crippen molar-refractivity contribution in [1.29, 1.82) is 0 Å². The topological polar surface area (TPSA) is 132 Å². The standard InChI is InChI=1S/C20H25N5O3S2/c1-10(2)28-17-7-6-14(19(22)27)8-15(17)24-20-25-16(9-29-20)18(11(3)21)30-13(5)23-12(4)26/h6-10H,5,21H2,1-4H3,(H2,22,27)(H,23,26)(H,24,25)/b18-11-. The molecule has 1 aromatic carbocycles. The van der Waals surface area contributed by atoms with E-state index in [1.165, 1.54) is 30.0 Å². The van der Waals surface area contributed by atoms with Crippen molar-refractivity contribution in [3.8, 4) is 5.75 Å². The number of thioether (sulfide) groups is 1. The molecule has 10 heteroatoms. The molecule has 0 aliphatic carbocycles. The van der Waals surface area contributed by atoms with Crippen molar-refractivity contribution >= 4 is 50.6 Å². The number of rotatable bonds is 9. The highest BCUT2D eigenvalue weighted by Crippen LogP contribution is 2.37. The maximum atomic E-state index is 11.6. The first-order valence-corrected chi connectivity index (χ1v) is 10.7. The first kappa shape index (κ1) is 23.3. The molecule has 0 aliphatic rings. The Kier molecular flexibility index (Phi) is 7.90. The van der Waals surface area contributed by atoms with E-state index in [4.69, 9.17) is 16.2 Å². The predicted molar refractivity (Wildman–Crippen MR) is 123 cm³/mol. The zero-order valence-electron chi connectivity index (χ0n) is 17.2. The highest BCUT2D eigenvalue weighted by atomic mass is 32.2. The average Bonchev–Trinajstić information content (AvgIpc) is 3.07. The van der Waals surface area contributed by atoms with Crippen LogP contribution in [-0.4, -0.2) is 22.9 Å². The van der Waals surface area contributed by atoms with Gasteiger partial charge >= 0.3 is 0 Å². The maximum absolute atomic E-state index is 11.6. The molecule has 0 spiro atoms. The molecule has 2 amide bonds. The van der Waals surface area contributed by atoms with Crippen LogP contribution in [0.15, 0.2) is 40.9 Å². The number of nitrogens with two attached hydrogens (primary N) is 2. The summed E-state index contributed by atoms with van der Waals surface area (Å²) in [6.07, 6.45) is -0.0533. The molecular weight excluding hydrogens is 422 g/mol. The van der Waals surface area contributed by atoms with Gasteiger partial charge in [0.2, 0.25) is 11.8 Å². The minimum atomic E-state index is -0.536. The number of benzene rings is 1. The van der Waals surface area contributed by atoms with Gasteiger partial charge in [0.25, 0.3) is 0 Å². The Balaban J connectivity index is 2.30. The van der Waals surface area contributed by atoms with E-state index in [-0.39, 0.29) is 12.0 Å². The molecule has 0 radical (unpaired) electrons. The largest absolute Gasteiger partial charge is 0.489 e. The SMILES string of the molecule is C=C(NC(C)=O)S/C(=C(/C)N)c1csc(Nc2cc(C(N)=O)ccc2OC(C)C)n1. The summed E-state index contributed by atoms with van der Waals surface area (Å²) in [6, 6.07) is 4.93. The van der Waals surface area contributed by atoms with E-state index in [1.54, 1.807) is 25.1 Å². The van der Waals surface area contributed by atoms with Crippen LogP contribution in [0.4, 0.5) is 10.8 Å². The zero-order chi connectivity index (χ0) is 22.4. The number of ether oxygens (including phenoxy) is 1. The van der Waals surface area contributed by atoms with Gasteiger partial charge in [-0.05, 0) is 39.0 Å². The molecule has 1 aromatic heterocycles. The number of amides is 2. The molecule has 0 aliphatic heterocycles. The minimum absolute atomic E-state index is 0.0533. The summed E-state index contributed by atoms with van der Waals surface area (Å²) in [6.45, 7) is 10.8. The van der Waals surface area contributed by atoms with Crippen LogP contribution >= 0.6 is 23.1 Å². The number of carbonyl (C=O) groups excluding carboxylic acids is 2. The molecule has 2 rings (SSSR count). The van der Waals surface area contributed by atoms with E-state index in [1.807, 2.05) is 19.2 Å². The molecule has 0 unspecified atom stereocenters. The third kappa shape index (κ3) is 6.53. The van der Waals surface area contributed by atoms with Crippen molar-refractivity contribution in [3.05, 3.63) is 52.1 Å². The molecule has 0 bridgehead atoms. The van der Waals surface area contributed by atoms with Crippen LogP contribution in [0.3, 0.4) is 0 Å². The Morgan fingerprint density at radius 1 is 1.27 bits per heavy atom. The summed E-state index contributed by atoms with van der Waals surface area (Å²) in [5.41, 5.74) is 13.5. The van der Waals surface area contributed by atoms with E-state index in [0.717, 1.165) is 0 Å². The van der Waals surface area contributed by atoms with Gasteiger partial charge in [-0.3, -0.25) is 9.59 Å². The second kappa shape index (κ2) is 10.2. The third-order valence-corrected chi connectivity index (χ3v) is 5.35. The van der Waals surface area contributed by atoms with Gasteiger partial charge in [0.1, 0.15) is 5.75 Å². The van der Waals surface area contributed by atoms with Crippen LogP contribution in [0.1, 0.15) is 43.7 Å². The van der Waals surface area contributed by atoms with Gasteiger partial charge in [0, 0.05) is 23.6 Å². The smallest absolute Gasteiger partial charge is 0.248 e. The number of allylic oxidation sites excluding steroid dienone is 1. The Bertz CT molecular complexity index is 994. The summed E-state index contributed by atoms with van der Waals surface area (Å²) in [5.74, 6) is -0.175. The highest BCUT2D eigenvalue weighted by molar-refractivity contribution is 8.11. The van der Waals surface area contributed by atoms with E-state index < -0.39 is 5.91 Å². The molecule has 0 saturated carbocycles. The third-order valence-electron chi connectivity index (χ3n) is 3.50. The lowest BCUT2D eigenvalue weighted by Gasteiger charge is -2.15. The Morgan fingerprint density at radius 2 is 1.97 bits per heavy atom. The molecule has 1 heterocycles. The molecule has 8 nitrogen and oxygen atoms in total. The number of nitrogens with one attached hydrogen (secondary N) is 2. The van der Waals surface area contributed by atoms with Crippen molar-refractivity contribution in [2.45, 2.75) is 33.8 Å². The second-order valence-corrected chi connectivity index (χ2v) is 8.59. The fourth-order valence-electron chi connectivity index (χ4n) is 2.37. The maximum Gasteiger partial charge on any atom is 0.248 e. The fraction of sp³-hybridized carbons (Fsp3) is 0.250.